The summed E-state index contributed by atoms with van der Waals surface area (Å²) >= 11 is 0. The smallest absolute Gasteiger partial charge is 0.107 e. The van der Waals surface area contributed by atoms with Crippen LogP contribution in [0.3, 0.4) is 0 Å². The first-order valence-corrected chi connectivity index (χ1v) is 14.1. The van der Waals surface area contributed by atoms with Gasteiger partial charge in [-0.2, -0.15) is 5.12 Å². The minimum Gasteiger partial charge on any atom is -0.229 e. The predicted molar refractivity (Wildman–Crippen MR) is 132 cm³/mol. The van der Waals surface area contributed by atoms with Crippen LogP contribution in [0.15, 0.2) is 34.9 Å². The number of allylic oxidation sites excluding steroid dienone is 6. The number of nitrogens with one attached hydrogen (secondary N) is 1. The molecule has 32 heavy (non-hydrogen) atoms. The summed E-state index contributed by atoms with van der Waals surface area (Å²) in [6.07, 6.45) is 29.2. The molecule has 1 N–H and O–H groups in total. The Kier molecular flexibility index (Phi) is 6.34. The SMILES string of the molecule is CN(CC1CCCC(C2CC=CCC2)C1)N1NC1C1CC=C2C3=C(CCCC3)CCC2C1. The first kappa shape index (κ1) is 21.6. The van der Waals surface area contributed by atoms with Gasteiger partial charge < -0.3 is 0 Å². The Labute approximate surface area is 196 Å². The molecule has 7 unspecified atom stereocenters. The lowest BCUT2D eigenvalue weighted by Crippen LogP contribution is -2.37. The Morgan fingerprint density at radius 1 is 0.906 bits per heavy atom. The minimum atomic E-state index is 0.586. The quantitative estimate of drug-likeness (QED) is 0.382. The summed E-state index contributed by atoms with van der Waals surface area (Å²) in [6, 6.07) is 0. The van der Waals surface area contributed by atoms with Gasteiger partial charge >= 0.3 is 0 Å². The van der Waals surface area contributed by atoms with Crippen LogP contribution in [0.4, 0.5) is 0 Å². The average molecular weight is 436 g/mol. The molecule has 0 aromatic heterocycles. The highest BCUT2D eigenvalue weighted by Gasteiger charge is 2.46. The van der Waals surface area contributed by atoms with Gasteiger partial charge in [-0.3, -0.25) is 0 Å². The Balaban J connectivity index is 1.02. The number of hydrogen-bond acceptors (Lipinski definition) is 3. The van der Waals surface area contributed by atoms with Crippen molar-refractivity contribution >= 4 is 0 Å². The van der Waals surface area contributed by atoms with Crippen molar-refractivity contribution in [2.24, 2.45) is 29.6 Å². The van der Waals surface area contributed by atoms with Crippen molar-refractivity contribution in [1.82, 2.24) is 15.6 Å². The normalized spacial score (nSPS) is 41.8. The molecule has 0 aromatic carbocycles. The summed E-state index contributed by atoms with van der Waals surface area (Å²) in [5.41, 5.74) is 9.19. The van der Waals surface area contributed by atoms with Gasteiger partial charge in [0.05, 0.1) is 0 Å². The lowest BCUT2D eigenvalue weighted by molar-refractivity contribution is 0.0446. The van der Waals surface area contributed by atoms with Crippen LogP contribution in [0, 0.1) is 29.6 Å². The Hall–Kier alpha value is -0.900. The Morgan fingerprint density at radius 2 is 1.84 bits per heavy atom. The third-order valence-corrected chi connectivity index (χ3v) is 9.99. The standard InChI is InChI=1S/C29H45N3/c1-31(20-21-8-7-12-24(18-21)22-9-3-2-4-10-22)32-29(30-32)26-16-17-28-25(19-26)15-14-23-11-5-6-13-27(23)28/h2-3,17,21-22,24-26,29-30H,4-16,18-20H2,1H3. The van der Waals surface area contributed by atoms with E-state index in [2.05, 4.69) is 40.8 Å². The highest BCUT2D eigenvalue weighted by molar-refractivity contribution is 5.42. The van der Waals surface area contributed by atoms with Crippen molar-refractivity contribution in [2.45, 2.75) is 102 Å². The first-order valence-electron chi connectivity index (χ1n) is 14.1. The van der Waals surface area contributed by atoms with Crippen LogP contribution in [-0.4, -0.2) is 29.9 Å². The minimum absolute atomic E-state index is 0.586. The molecule has 3 heteroatoms. The van der Waals surface area contributed by atoms with Gasteiger partial charge in [0.2, 0.25) is 0 Å². The van der Waals surface area contributed by atoms with E-state index in [0.29, 0.717) is 6.17 Å². The maximum absolute atomic E-state index is 3.76. The zero-order valence-corrected chi connectivity index (χ0v) is 20.4. The summed E-state index contributed by atoms with van der Waals surface area (Å²) in [5, 5.41) is 5.03. The summed E-state index contributed by atoms with van der Waals surface area (Å²) in [7, 11) is 2.34. The number of rotatable bonds is 5. The molecule has 0 radical (unpaired) electrons. The first-order chi connectivity index (χ1) is 15.8. The summed E-state index contributed by atoms with van der Waals surface area (Å²) in [5.74, 6) is 4.49. The molecule has 0 amide bonds. The van der Waals surface area contributed by atoms with Crippen LogP contribution in [0.25, 0.3) is 0 Å². The zero-order valence-electron chi connectivity index (χ0n) is 20.4. The van der Waals surface area contributed by atoms with E-state index in [1.54, 1.807) is 5.57 Å². The second kappa shape index (κ2) is 9.39. The van der Waals surface area contributed by atoms with E-state index in [9.17, 15) is 0 Å². The van der Waals surface area contributed by atoms with E-state index in [0.717, 1.165) is 29.6 Å². The van der Waals surface area contributed by atoms with Crippen molar-refractivity contribution in [2.75, 3.05) is 13.6 Å². The molecule has 6 rings (SSSR count). The fourth-order valence-corrected chi connectivity index (χ4v) is 8.23. The number of hydrazine groups is 2. The van der Waals surface area contributed by atoms with Gasteiger partial charge in [-0.25, -0.2) is 10.4 Å². The molecule has 1 heterocycles. The molecular formula is C29H45N3. The van der Waals surface area contributed by atoms with Gasteiger partial charge in [-0.15, -0.1) is 0 Å². The molecule has 1 aliphatic heterocycles. The topological polar surface area (TPSA) is 28.2 Å². The monoisotopic (exact) mass is 435 g/mol. The van der Waals surface area contributed by atoms with Crippen molar-refractivity contribution in [1.29, 1.82) is 0 Å². The lowest BCUT2D eigenvalue weighted by atomic mass is 9.68. The molecule has 5 aliphatic carbocycles. The zero-order chi connectivity index (χ0) is 21.5. The molecule has 6 aliphatic rings. The molecule has 176 valence electrons. The van der Waals surface area contributed by atoms with Gasteiger partial charge in [-0.1, -0.05) is 36.6 Å². The van der Waals surface area contributed by atoms with Gasteiger partial charge in [0.15, 0.2) is 0 Å². The number of fused-ring (bicyclic) bond motifs is 2. The van der Waals surface area contributed by atoms with Crippen LogP contribution in [0.2, 0.25) is 0 Å². The van der Waals surface area contributed by atoms with Crippen molar-refractivity contribution in [3.63, 3.8) is 0 Å². The maximum atomic E-state index is 3.76. The van der Waals surface area contributed by atoms with Crippen LogP contribution >= 0.6 is 0 Å². The second-order valence-corrected chi connectivity index (χ2v) is 12.0. The van der Waals surface area contributed by atoms with Crippen molar-refractivity contribution in [3.8, 4) is 0 Å². The largest absolute Gasteiger partial charge is 0.229 e. The molecule has 0 spiro atoms. The highest BCUT2D eigenvalue weighted by atomic mass is 16.0. The molecule has 1 saturated heterocycles. The third kappa shape index (κ3) is 4.42. The maximum Gasteiger partial charge on any atom is 0.107 e. The molecule has 2 fully saturated rings. The predicted octanol–water partition coefficient (Wildman–Crippen LogP) is 6.76. The van der Waals surface area contributed by atoms with Crippen LogP contribution in [0.5, 0.6) is 0 Å². The molecule has 0 bridgehead atoms. The van der Waals surface area contributed by atoms with E-state index < -0.39 is 0 Å². The van der Waals surface area contributed by atoms with E-state index >= 15 is 0 Å². The fourth-order valence-electron chi connectivity index (χ4n) is 8.23. The molecular weight excluding hydrogens is 390 g/mol. The average Bonchev–Trinajstić information content (AvgIpc) is 3.66. The summed E-state index contributed by atoms with van der Waals surface area (Å²) in [6.45, 7) is 1.25. The highest BCUT2D eigenvalue weighted by Crippen LogP contribution is 2.48. The van der Waals surface area contributed by atoms with E-state index in [1.165, 1.54) is 103 Å². The van der Waals surface area contributed by atoms with Crippen molar-refractivity contribution < 1.29 is 0 Å². The summed E-state index contributed by atoms with van der Waals surface area (Å²) < 4.78 is 0. The van der Waals surface area contributed by atoms with E-state index in [-0.39, 0.29) is 0 Å². The fraction of sp³-hybridized carbons (Fsp3) is 0.793. The Bertz CT molecular complexity index is 779. The Morgan fingerprint density at radius 3 is 2.75 bits per heavy atom. The van der Waals surface area contributed by atoms with Crippen LogP contribution < -0.4 is 5.43 Å². The van der Waals surface area contributed by atoms with Gasteiger partial charge in [0.25, 0.3) is 0 Å². The van der Waals surface area contributed by atoms with E-state index in [1.807, 2.05) is 11.1 Å². The van der Waals surface area contributed by atoms with Crippen LogP contribution in [0.1, 0.15) is 96.3 Å². The lowest BCUT2D eigenvalue weighted by Gasteiger charge is -2.38. The van der Waals surface area contributed by atoms with Crippen LogP contribution in [-0.2, 0) is 0 Å². The van der Waals surface area contributed by atoms with Gasteiger partial charge in [0, 0.05) is 13.6 Å². The van der Waals surface area contributed by atoms with E-state index in [4.69, 9.17) is 0 Å². The molecule has 7 atom stereocenters. The van der Waals surface area contributed by atoms with Gasteiger partial charge in [0.1, 0.15) is 6.17 Å². The van der Waals surface area contributed by atoms with Crippen molar-refractivity contribution in [3.05, 3.63) is 34.9 Å². The molecule has 1 saturated carbocycles. The second-order valence-electron chi connectivity index (χ2n) is 12.0. The summed E-state index contributed by atoms with van der Waals surface area (Å²) in [4.78, 5) is 0. The van der Waals surface area contributed by atoms with Gasteiger partial charge in [-0.05, 0) is 124 Å². The molecule has 3 nitrogen and oxygen atoms in total. The molecule has 0 aromatic rings. The number of hydrogen-bond donors (Lipinski definition) is 1. The number of nitrogens with zero attached hydrogens (tertiary/aromatic N) is 2. The third-order valence-electron chi connectivity index (χ3n) is 9.99.